The molecule has 0 aromatic heterocycles. The van der Waals surface area contributed by atoms with E-state index >= 15 is 0 Å². The van der Waals surface area contributed by atoms with Crippen LogP contribution >= 0.6 is 15.9 Å². The first-order valence-corrected chi connectivity index (χ1v) is 5.13. The molecule has 0 aromatic rings. The minimum atomic E-state index is 0.543. The first-order valence-electron chi connectivity index (χ1n) is 4.01. The number of alkyl halides is 1. The Morgan fingerprint density at radius 3 is 2.45 bits per heavy atom. The summed E-state index contributed by atoms with van der Waals surface area (Å²) < 4.78 is 4.98. The van der Waals surface area contributed by atoms with Crippen LogP contribution in [0.5, 0.6) is 0 Å². The van der Waals surface area contributed by atoms with E-state index < -0.39 is 0 Å². The van der Waals surface area contributed by atoms with Crippen LogP contribution in [0.1, 0.15) is 20.3 Å². The Morgan fingerprint density at radius 2 is 2.00 bits per heavy atom. The second kappa shape index (κ2) is 7.07. The molecule has 68 valence electrons. The second-order valence-electron chi connectivity index (χ2n) is 2.90. The quantitative estimate of drug-likeness (QED) is 0.694. The van der Waals surface area contributed by atoms with Crippen molar-refractivity contribution in [3.05, 3.63) is 0 Å². The van der Waals surface area contributed by atoms with Crippen LogP contribution in [0.15, 0.2) is 0 Å². The fourth-order valence-corrected chi connectivity index (χ4v) is 1.10. The van der Waals surface area contributed by atoms with Crippen molar-refractivity contribution in [2.75, 3.05) is 19.0 Å². The molecule has 0 saturated heterocycles. The molecule has 2 nitrogen and oxygen atoms in total. The Kier molecular flexibility index (Phi) is 7.33. The summed E-state index contributed by atoms with van der Waals surface area (Å²) in [5.41, 5.74) is 0. The van der Waals surface area contributed by atoms with Gasteiger partial charge in [0.2, 0.25) is 0 Å². The summed E-state index contributed by atoms with van der Waals surface area (Å²) in [7, 11) is 1.74. The highest BCUT2D eigenvalue weighted by Gasteiger charge is 2.04. The fourth-order valence-electron chi connectivity index (χ4n) is 0.908. The summed E-state index contributed by atoms with van der Waals surface area (Å²) in [6.45, 7) is 5.18. The number of halogens is 1. The first-order chi connectivity index (χ1) is 5.20. The maximum Gasteiger partial charge on any atom is 0.0476 e. The summed E-state index contributed by atoms with van der Waals surface area (Å²) in [6, 6.07) is 1.09. The average molecular weight is 224 g/mol. The Bertz CT molecular complexity index is 90.2. The Hall–Kier alpha value is 0.400. The van der Waals surface area contributed by atoms with E-state index in [1.807, 2.05) is 0 Å². The van der Waals surface area contributed by atoms with Crippen LogP contribution in [0.25, 0.3) is 0 Å². The lowest BCUT2D eigenvalue weighted by Crippen LogP contribution is -2.36. The first kappa shape index (κ1) is 11.4. The highest BCUT2D eigenvalue weighted by Crippen LogP contribution is 1.95. The SMILES string of the molecule is COCCC(C)NC(C)CBr. The third-order valence-corrected chi connectivity index (χ3v) is 2.53. The van der Waals surface area contributed by atoms with Crippen molar-refractivity contribution < 1.29 is 4.74 Å². The van der Waals surface area contributed by atoms with Gasteiger partial charge in [-0.25, -0.2) is 0 Å². The molecule has 0 bridgehead atoms. The highest BCUT2D eigenvalue weighted by atomic mass is 79.9. The van der Waals surface area contributed by atoms with Gasteiger partial charge in [-0.15, -0.1) is 0 Å². The molecule has 1 N–H and O–H groups in total. The minimum Gasteiger partial charge on any atom is -0.385 e. The van der Waals surface area contributed by atoms with E-state index in [1.165, 1.54) is 0 Å². The zero-order valence-corrected chi connectivity index (χ0v) is 9.15. The van der Waals surface area contributed by atoms with Crippen LogP contribution in [-0.4, -0.2) is 31.1 Å². The molecule has 0 amide bonds. The zero-order valence-electron chi connectivity index (χ0n) is 7.56. The van der Waals surface area contributed by atoms with E-state index in [4.69, 9.17) is 4.74 Å². The van der Waals surface area contributed by atoms with Crippen molar-refractivity contribution in [2.24, 2.45) is 0 Å². The van der Waals surface area contributed by atoms with E-state index in [0.717, 1.165) is 18.4 Å². The van der Waals surface area contributed by atoms with Crippen molar-refractivity contribution >= 4 is 15.9 Å². The predicted molar refractivity (Wildman–Crippen MR) is 52.3 cm³/mol. The Balaban J connectivity index is 3.27. The number of rotatable bonds is 6. The van der Waals surface area contributed by atoms with Gasteiger partial charge in [0.05, 0.1) is 0 Å². The lowest BCUT2D eigenvalue weighted by atomic mass is 10.2. The van der Waals surface area contributed by atoms with Gasteiger partial charge in [0.25, 0.3) is 0 Å². The van der Waals surface area contributed by atoms with E-state index in [9.17, 15) is 0 Å². The predicted octanol–water partition coefficient (Wildman–Crippen LogP) is 1.78. The lowest BCUT2D eigenvalue weighted by Gasteiger charge is -2.17. The van der Waals surface area contributed by atoms with Crippen LogP contribution in [0.4, 0.5) is 0 Å². The minimum absolute atomic E-state index is 0.543. The van der Waals surface area contributed by atoms with Crippen LogP contribution in [0, 0.1) is 0 Å². The molecule has 0 aromatic carbocycles. The third-order valence-electron chi connectivity index (χ3n) is 1.56. The summed E-state index contributed by atoms with van der Waals surface area (Å²) >= 11 is 3.42. The van der Waals surface area contributed by atoms with E-state index in [0.29, 0.717) is 12.1 Å². The fraction of sp³-hybridized carbons (Fsp3) is 1.00. The maximum absolute atomic E-state index is 4.98. The van der Waals surface area contributed by atoms with Crippen LogP contribution in [-0.2, 0) is 4.74 Å². The van der Waals surface area contributed by atoms with Gasteiger partial charge in [0.15, 0.2) is 0 Å². The van der Waals surface area contributed by atoms with Gasteiger partial charge in [0, 0.05) is 31.1 Å². The molecule has 3 heteroatoms. The number of ether oxygens (including phenoxy) is 1. The van der Waals surface area contributed by atoms with Crippen molar-refractivity contribution in [1.82, 2.24) is 5.32 Å². The summed E-state index contributed by atoms with van der Waals surface area (Å²) in [6.07, 6.45) is 1.08. The smallest absolute Gasteiger partial charge is 0.0476 e. The van der Waals surface area contributed by atoms with Crippen molar-refractivity contribution in [2.45, 2.75) is 32.4 Å². The van der Waals surface area contributed by atoms with Gasteiger partial charge in [-0.05, 0) is 20.3 Å². The highest BCUT2D eigenvalue weighted by molar-refractivity contribution is 9.09. The molecule has 0 aliphatic heterocycles. The molecular weight excluding hydrogens is 206 g/mol. The van der Waals surface area contributed by atoms with Crippen molar-refractivity contribution in [3.8, 4) is 0 Å². The molecule has 0 saturated carbocycles. The van der Waals surface area contributed by atoms with Crippen LogP contribution in [0.2, 0.25) is 0 Å². The molecule has 0 heterocycles. The molecule has 0 fully saturated rings. The molecular formula is C8H18BrNO. The third kappa shape index (κ3) is 6.78. The monoisotopic (exact) mass is 223 g/mol. The largest absolute Gasteiger partial charge is 0.385 e. The average Bonchev–Trinajstić information content (AvgIpc) is 2.00. The van der Waals surface area contributed by atoms with Gasteiger partial charge in [0.1, 0.15) is 0 Å². The molecule has 11 heavy (non-hydrogen) atoms. The molecule has 2 atom stereocenters. The molecule has 0 aliphatic rings. The molecule has 2 unspecified atom stereocenters. The normalized spacial score (nSPS) is 16.4. The van der Waals surface area contributed by atoms with Crippen molar-refractivity contribution in [1.29, 1.82) is 0 Å². The summed E-state index contributed by atoms with van der Waals surface area (Å²) in [5.74, 6) is 0. The zero-order chi connectivity index (χ0) is 8.69. The molecule has 0 spiro atoms. The lowest BCUT2D eigenvalue weighted by molar-refractivity contribution is 0.183. The van der Waals surface area contributed by atoms with Gasteiger partial charge in [-0.1, -0.05) is 15.9 Å². The number of nitrogens with one attached hydrogen (secondary N) is 1. The van der Waals surface area contributed by atoms with E-state index in [-0.39, 0.29) is 0 Å². The molecule has 0 aliphatic carbocycles. The summed E-state index contributed by atoms with van der Waals surface area (Å²) in [4.78, 5) is 0. The van der Waals surface area contributed by atoms with Gasteiger partial charge in [-0.2, -0.15) is 0 Å². The standard InChI is InChI=1S/C8H18BrNO/c1-7(4-5-11-3)10-8(2)6-9/h7-8,10H,4-6H2,1-3H3. The van der Waals surface area contributed by atoms with Gasteiger partial charge < -0.3 is 10.1 Å². The van der Waals surface area contributed by atoms with Crippen molar-refractivity contribution in [3.63, 3.8) is 0 Å². The number of hydrogen-bond acceptors (Lipinski definition) is 2. The topological polar surface area (TPSA) is 21.3 Å². The van der Waals surface area contributed by atoms with Crippen LogP contribution < -0.4 is 5.32 Å². The van der Waals surface area contributed by atoms with Gasteiger partial charge >= 0.3 is 0 Å². The van der Waals surface area contributed by atoms with E-state index in [2.05, 4.69) is 35.1 Å². The Morgan fingerprint density at radius 1 is 1.36 bits per heavy atom. The maximum atomic E-state index is 4.98. The Labute approximate surface area is 77.8 Å². The number of hydrogen-bond donors (Lipinski definition) is 1. The van der Waals surface area contributed by atoms with E-state index in [1.54, 1.807) is 7.11 Å². The van der Waals surface area contributed by atoms with Gasteiger partial charge in [-0.3, -0.25) is 0 Å². The second-order valence-corrected chi connectivity index (χ2v) is 3.55. The molecule has 0 radical (unpaired) electrons. The molecule has 0 rings (SSSR count). The summed E-state index contributed by atoms with van der Waals surface area (Å²) in [5, 5.41) is 4.44. The van der Waals surface area contributed by atoms with Crippen LogP contribution in [0.3, 0.4) is 0 Å². The number of methoxy groups -OCH3 is 1.